The van der Waals surface area contributed by atoms with Gasteiger partial charge >= 0.3 is 11.9 Å². The van der Waals surface area contributed by atoms with Crippen LogP contribution in [-0.2, 0) is 9.59 Å². The van der Waals surface area contributed by atoms with E-state index in [0.717, 1.165) is 5.52 Å². The molecule has 1 heterocycles. The van der Waals surface area contributed by atoms with E-state index in [2.05, 4.69) is 17.1 Å². The molecule has 18 heavy (non-hydrogen) atoms. The van der Waals surface area contributed by atoms with E-state index < -0.39 is 11.9 Å². The van der Waals surface area contributed by atoms with E-state index in [1.165, 1.54) is 5.39 Å². The molecule has 0 saturated carbocycles. The quantitative estimate of drug-likeness (QED) is 0.789. The Morgan fingerprint density at radius 2 is 1.50 bits per heavy atom. The first-order chi connectivity index (χ1) is 8.59. The van der Waals surface area contributed by atoms with Gasteiger partial charge in [0.05, 0.1) is 5.52 Å². The Morgan fingerprint density at radius 3 is 2.06 bits per heavy atom. The Hall–Kier alpha value is -2.69. The van der Waals surface area contributed by atoms with Gasteiger partial charge in [-0.3, -0.25) is 4.98 Å². The smallest absolute Gasteiger partial charge is 0.328 e. The molecule has 1 aromatic heterocycles. The van der Waals surface area contributed by atoms with Gasteiger partial charge in [0.2, 0.25) is 0 Å². The van der Waals surface area contributed by atoms with Crippen LogP contribution in [0.3, 0.4) is 0 Å². The second kappa shape index (κ2) is 6.80. The Balaban J connectivity index is 0.000000187. The number of carbonyl (C=O) groups is 2. The highest BCUT2D eigenvalue weighted by atomic mass is 16.4. The summed E-state index contributed by atoms with van der Waals surface area (Å²) < 4.78 is 0. The summed E-state index contributed by atoms with van der Waals surface area (Å²) in [4.78, 5) is 23.3. The Bertz CT molecular complexity index is 496. The molecule has 0 radical (unpaired) electrons. The van der Waals surface area contributed by atoms with Crippen molar-refractivity contribution in [3.8, 4) is 0 Å². The minimum absolute atomic E-state index is 0.558. The van der Waals surface area contributed by atoms with Crippen LogP contribution >= 0.6 is 0 Å². The van der Waals surface area contributed by atoms with Crippen molar-refractivity contribution in [2.45, 2.75) is 0 Å². The molecular weight excluding hydrogens is 234 g/mol. The van der Waals surface area contributed by atoms with Crippen LogP contribution < -0.4 is 0 Å². The largest absolute Gasteiger partial charge is 0.478 e. The van der Waals surface area contributed by atoms with E-state index in [-0.39, 0.29) is 0 Å². The molecule has 0 aliphatic rings. The zero-order valence-corrected chi connectivity index (χ0v) is 9.35. The average Bonchev–Trinajstić information content (AvgIpc) is 2.37. The summed E-state index contributed by atoms with van der Waals surface area (Å²) in [5.41, 5.74) is 1.06. The number of aromatic nitrogens is 1. The van der Waals surface area contributed by atoms with Crippen LogP contribution in [0.15, 0.2) is 54.7 Å². The van der Waals surface area contributed by atoms with Crippen LogP contribution in [0.5, 0.6) is 0 Å². The zero-order valence-electron chi connectivity index (χ0n) is 9.35. The van der Waals surface area contributed by atoms with E-state index in [1.807, 2.05) is 30.5 Å². The topological polar surface area (TPSA) is 87.5 Å². The van der Waals surface area contributed by atoms with Crippen LogP contribution in [0, 0.1) is 0 Å². The van der Waals surface area contributed by atoms with Crippen molar-refractivity contribution in [2.24, 2.45) is 0 Å². The summed E-state index contributed by atoms with van der Waals surface area (Å²) in [7, 11) is 0. The maximum absolute atomic E-state index is 9.55. The fourth-order valence-electron chi connectivity index (χ4n) is 1.16. The first-order valence-corrected chi connectivity index (χ1v) is 5.03. The van der Waals surface area contributed by atoms with Crippen LogP contribution in [0.4, 0.5) is 0 Å². The standard InChI is InChI=1S/C9H7N.C4H4O4/c1-2-6-9-8(4-1)5-3-7-10-9;5-3(6)1-2-4(7)8/h1-7H;1-2H,(H,5,6)(H,7,8)/b;2-1-. The monoisotopic (exact) mass is 245 g/mol. The van der Waals surface area contributed by atoms with Crippen molar-refractivity contribution in [1.29, 1.82) is 0 Å². The molecule has 0 aliphatic heterocycles. The molecule has 92 valence electrons. The summed E-state index contributed by atoms with van der Waals surface area (Å²) in [5.74, 6) is -2.51. The van der Waals surface area contributed by atoms with Gasteiger partial charge in [-0.05, 0) is 12.1 Å². The molecule has 0 unspecified atom stereocenters. The highest BCUT2D eigenvalue weighted by Crippen LogP contribution is 2.07. The molecule has 5 heteroatoms. The molecule has 1 aromatic carbocycles. The van der Waals surface area contributed by atoms with Gasteiger partial charge in [0.1, 0.15) is 0 Å². The number of aliphatic carboxylic acids is 2. The number of carboxylic acids is 2. The maximum atomic E-state index is 9.55. The molecule has 2 N–H and O–H groups in total. The molecule has 0 fully saturated rings. The second-order valence-corrected chi connectivity index (χ2v) is 3.21. The number of rotatable bonds is 2. The van der Waals surface area contributed by atoms with Crippen molar-refractivity contribution >= 4 is 22.8 Å². The minimum Gasteiger partial charge on any atom is -0.478 e. The van der Waals surface area contributed by atoms with Gasteiger partial charge in [0.25, 0.3) is 0 Å². The van der Waals surface area contributed by atoms with Crippen molar-refractivity contribution in [1.82, 2.24) is 4.98 Å². The fraction of sp³-hybridized carbons (Fsp3) is 0. The van der Waals surface area contributed by atoms with Crippen molar-refractivity contribution < 1.29 is 19.8 Å². The summed E-state index contributed by atoms with van der Waals surface area (Å²) in [6.07, 6.45) is 2.92. The molecule has 0 aliphatic carbocycles. The number of fused-ring (bicyclic) bond motifs is 1. The highest BCUT2D eigenvalue weighted by molar-refractivity contribution is 5.89. The molecular formula is C13H11NO4. The molecule has 2 rings (SSSR count). The lowest BCUT2D eigenvalue weighted by molar-refractivity contribution is -0.134. The van der Waals surface area contributed by atoms with Gasteiger partial charge in [0, 0.05) is 23.7 Å². The summed E-state index contributed by atoms with van der Waals surface area (Å²) >= 11 is 0. The minimum atomic E-state index is -1.26. The Labute approximate surface area is 103 Å². The van der Waals surface area contributed by atoms with E-state index >= 15 is 0 Å². The molecule has 2 aromatic rings. The summed E-state index contributed by atoms with van der Waals surface area (Å²) in [5, 5.41) is 16.8. The molecule has 0 saturated heterocycles. The predicted octanol–water partition coefficient (Wildman–Crippen LogP) is 1.95. The first-order valence-electron chi connectivity index (χ1n) is 5.03. The highest BCUT2D eigenvalue weighted by Gasteiger charge is 1.88. The first kappa shape index (κ1) is 13.4. The summed E-state index contributed by atoms with van der Waals surface area (Å²) in [6, 6.07) is 12.1. The van der Waals surface area contributed by atoms with Crippen LogP contribution in [0.1, 0.15) is 0 Å². The maximum Gasteiger partial charge on any atom is 0.328 e. The SMILES string of the molecule is O=C(O)/C=C\C(=O)O.c1ccc2ncccc2c1. The number of carboxylic acid groups (broad SMARTS) is 2. The lowest BCUT2D eigenvalue weighted by Gasteiger charge is -1.91. The number of pyridine rings is 1. The number of nitrogens with zero attached hydrogens (tertiary/aromatic N) is 1. The normalized spacial score (nSPS) is 9.78. The molecule has 0 bridgehead atoms. The molecule has 0 atom stereocenters. The van der Waals surface area contributed by atoms with Gasteiger partial charge in [-0.25, -0.2) is 9.59 Å². The van der Waals surface area contributed by atoms with Crippen molar-refractivity contribution in [2.75, 3.05) is 0 Å². The number of benzene rings is 1. The van der Waals surface area contributed by atoms with E-state index in [1.54, 1.807) is 0 Å². The Kier molecular flexibility index (Phi) is 5.05. The number of hydrogen-bond donors (Lipinski definition) is 2. The Morgan fingerprint density at radius 1 is 0.944 bits per heavy atom. The molecule has 0 amide bonds. The van der Waals surface area contributed by atoms with Crippen LogP contribution in [-0.4, -0.2) is 27.1 Å². The van der Waals surface area contributed by atoms with Crippen LogP contribution in [0.2, 0.25) is 0 Å². The van der Waals surface area contributed by atoms with Crippen molar-refractivity contribution in [3.05, 3.63) is 54.7 Å². The third-order valence-electron chi connectivity index (χ3n) is 1.88. The lowest BCUT2D eigenvalue weighted by atomic mass is 10.2. The van der Waals surface area contributed by atoms with Crippen LogP contribution in [0.25, 0.3) is 10.9 Å². The second-order valence-electron chi connectivity index (χ2n) is 3.21. The summed E-state index contributed by atoms with van der Waals surface area (Å²) in [6.45, 7) is 0. The third kappa shape index (κ3) is 4.89. The van der Waals surface area contributed by atoms with Gasteiger partial charge in [-0.2, -0.15) is 0 Å². The molecule has 0 spiro atoms. The number of hydrogen-bond acceptors (Lipinski definition) is 3. The van der Waals surface area contributed by atoms with E-state index in [0.29, 0.717) is 12.2 Å². The molecule has 5 nitrogen and oxygen atoms in total. The zero-order chi connectivity index (χ0) is 13.4. The van der Waals surface area contributed by atoms with Gasteiger partial charge < -0.3 is 10.2 Å². The fourth-order valence-corrected chi connectivity index (χ4v) is 1.16. The van der Waals surface area contributed by atoms with Gasteiger partial charge in [-0.15, -0.1) is 0 Å². The van der Waals surface area contributed by atoms with E-state index in [9.17, 15) is 9.59 Å². The lowest BCUT2D eigenvalue weighted by Crippen LogP contribution is -1.91. The number of para-hydroxylation sites is 1. The third-order valence-corrected chi connectivity index (χ3v) is 1.88. The van der Waals surface area contributed by atoms with Gasteiger partial charge in [0.15, 0.2) is 0 Å². The predicted molar refractivity (Wildman–Crippen MR) is 66.2 cm³/mol. The average molecular weight is 245 g/mol. The van der Waals surface area contributed by atoms with Gasteiger partial charge in [-0.1, -0.05) is 24.3 Å². The van der Waals surface area contributed by atoms with E-state index in [4.69, 9.17) is 10.2 Å². The van der Waals surface area contributed by atoms with Crippen molar-refractivity contribution in [3.63, 3.8) is 0 Å².